The van der Waals surface area contributed by atoms with E-state index in [9.17, 15) is 9.59 Å². The number of amides is 1. The number of carbonyl (C=O) groups excluding carboxylic acids is 2. The number of methoxy groups -OCH3 is 1. The minimum absolute atomic E-state index is 0.191. The smallest absolute Gasteiger partial charge is 0.328 e. The lowest BCUT2D eigenvalue weighted by atomic mass is 10.3. The molecule has 1 rings (SSSR count). The van der Waals surface area contributed by atoms with Crippen LogP contribution in [0, 0.1) is 0 Å². The molecular formula is C13H17NO4. The van der Waals surface area contributed by atoms with Crippen molar-refractivity contribution in [2.45, 2.75) is 19.4 Å². The summed E-state index contributed by atoms with van der Waals surface area (Å²) in [5, 5.41) is 2.52. The molecule has 1 aromatic carbocycles. The largest absolute Gasteiger partial charge is 0.493 e. The Bertz CT molecular complexity index is 391. The van der Waals surface area contributed by atoms with E-state index in [1.165, 1.54) is 7.11 Å². The second kappa shape index (κ2) is 7.32. The maximum absolute atomic E-state index is 11.5. The lowest BCUT2D eigenvalue weighted by Gasteiger charge is -2.11. The summed E-state index contributed by atoms with van der Waals surface area (Å²) in [6.07, 6.45) is 0.191. The van der Waals surface area contributed by atoms with E-state index in [1.54, 1.807) is 6.92 Å². The van der Waals surface area contributed by atoms with E-state index in [0.717, 1.165) is 0 Å². The third-order valence-electron chi connectivity index (χ3n) is 2.27. The predicted molar refractivity (Wildman–Crippen MR) is 66.2 cm³/mol. The maximum Gasteiger partial charge on any atom is 0.328 e. The van der Waals surface area contributed by atoms with Crippen molar-refractivity contribution in [3.05, 3.63) is 30.3 Å². The van der Waals surface area contributed by atoms with Crippen LogP contribution in [0.3, 0.4) is 0 Å². The van der Waals surface area contributed by atoms with Crippen molar-refractivity contribution in [3.8, 4) is 5.75 Å². The summed E-state index contributed by atoms with van der Waals surface area (Å²) in [7, 11) is 1.28. The monoisotopic (exact) mass is 251 g/mol. The zero-order valence-electron chi connectivity index (χ0n) is 10.5. The third-order valence-corrected chi connectivity index (χ3v) is 2.27. The van der Waals surface area contributed by atoms with Crippen LogP contribution in [-0.4, -0.2) is 31.6 Å². The van der Waals surface area contributed by atoms with Gasteiger partial charge in [-0.25, -0.2) is 4.79 Å². The molecule has 0 fully saturated rings. The number of para-hydroxylation sites is 1. The van der Waals surface area contributed by atoms with Crippen molar-refractivity contribution in [2.24, 2.45) is 0 Å². The van der Waals surface area contributed by atoms with Gasteiger partial charge in [0, 0.05) is 0 Å². The van der Waals surface area contributed by atoms with Gasteiger partial charge in [0.05, 0.1) is 20.1 Å². The summed E-state index contributed by atoms with van der Waals surface area (Å²) in [6.45, 7) is 1.84. The molecule has 1 aromatic rings. The molecule has 0 heterocycles. The van der Waals surface area contributed by atoms with Crippen LogP contribution in [0.4, 0.5) is 0 Å². The number of nitrogens with one attached hydrogen (secondary N) is 1. The van der Waals surface area contributed by atoms with Crippen molar-refractivity contribution >= 4 is 11.9 Å². The summed E-state index contributed by atoms with van der Waals surface area (Å²) < 4.78 is 9.87. The molecule has 1 amide bonds. The van der Waals surface area contributed by atoms with E-state index in [2.05, 4.69) is 10.1 Å². The normalized spacial score (nSPS) is 11.4. The zero-order valence-corrected chi connectivity index (χ0v) is 10.5. The van der Waals surface area contributed by atoms with E-state index in [1.807, 2.05) is 30.3 Å². The van der Waals surface area contributed by atoms with Crippen LogP contribution in [-0.2, 0) is 14.3 Å². The van der Waals surface area contributed by atoms with Crippen molar-refractivity contribution in [1.82, 2.24) is 5.32 Å². The SMILES string of the molecule is COC(=O)[C@H](C)NC(=O)CCOc1ccccc1. The lowest BCUT2D eigenvalue weighted by Crippen LogP contribution is -2.39. The molecule has 0 bridgehead atoms. The van der Waals surface area contributed by atoms with Crippen molar-refractivity contribution in [1.29, 1.82) is 0 Å². The molecule has 1 N–H and O–H groups in total. The minimum Gasteiger partial charge on any atom is -0.493 e. The van der Waals surface area contributed by atoms with E-state index >= 15 is 0 Å². The van der Waals surface area contributed by atoms with E-state index in [4.69, 9.17) is 4.74 Å². The second-order valence-electron chi connectivity index (χ2n) is 3.72. The Labute approximate surface area is 106 Å². The first-order valence-corrected chi connectivity index (χ1v) is 5.68. The quantitative estimate of drug-likeness (QED) is 0.770. The fraction of sp³-hybridized carbons (Fsp3) is 0.385. The first kappa shape index (κ1) is 14.0. The topological polar surface area (TPSA) is 64.6 Å². The van der Waals surface area contributed by atoms with Crippen LogP contribution in [0.5, 0.6) is 5.75 Å². The van der Waals surface area contributed by atoms with Gasteiger partial charge in [-0.05, 0) is 19.1 Å². The van der Waals surface area contributed by atoms with Crippen LogP contribution in [0.2, 0.25) is 0 Å². The molecule has 5 nitrogen and oxygen atoms in total. The van der Waals surface area contributed by atoms with E-state index < -0.39 is 12.0 Å². The summed E-state index contributed by atoms with van der Waals surface area (Å²) in [4.78, 5) is 22.5. The standard InChI is InChI=1S/C13H17NO4/c1-10(13(16)17-2)14-12(15)8-9-18-11-6-4-3-5-7-11/h3-7,10H,8-9H2,1-2H3,(H,14,15)/t10-/m0/s1. The average Bonchev–Trinajstić information content (AvgIpc) is 2.38. The van der Waals surface area contributed by atoms with Crippen molar-refractivity contribution < 1.29 is 19.1 Å². The summed E-state index contributed by atoms with van der Waals surface area (Å²) in [6, 6.07) is 8.59. The molecule has 0 saturated carbocycles. The summed E-state index contributed by atoms with van der Waals surface area (Å²) in [5.74, 6) is 0.00229. The first-order chi connectivity index (χ1) is 8.63. The number of esters is 1. The highest BCUT2D eigenvalue weighted by Gasteiger charge is 2.15. The molecule has 98 valence electrons. The van der Waals surface area contributed by atoms with E-state index in [0.29, 0.717) is 5.75 Å². The molecule has 0 spiro atoms. The van der Waals surface area contributed by atoms with Gasteiger partial charge in [0.2, 0.25) is 5.91 Å². The molecular weight excluding hydrogens is 234 g/mol. The molecule has 5 heteroatoms. The predicted octanol–water partition coefficient (Wildman–Crippen LogP) is 1.13. The van der Waals surface area contributed by atoms with Gasteiger partial charge in [-0.3, -0.25) is 4.79 Å². The number of carbonyl (C=O) groups is 2. The molecule has 0 aliphatic rings. The van der Waals surface area contributed by atoms with Gasteiger partial charge in [0.25, 0.3) is 0 Å². The summed E-state index contributed by atoms with van der Waals surface area (Å²) >= 11 is 0. The Hall–Kier alpha value is -2.04. The maximum atomic E-state index is 11.5. The molecule has 0 saturated heterocycles. The summed E-state index contributed by atoms with van der Waals surface area (Å²) in [5.41, 5.74) is 0. The van der Waals surface area contributed by atoms with E-state index in [-0.39, 0.29) is 18.9 Å². The lowest BCUT2D eigenvalue weighted by molar-refractivity contribution is -0.144. The molecule has 0 aliphatic heterocycles. The van der Waals surface area contributed by atoms with Crippen LogP contribution >= 0.6 is 0 Å². The van der Waals surface area contributed by atoms with Gasteiger partial charge in [-0.15, -0.1) is 0 Å². The van der Waals surface area contributed by atoms with Crippen LogP contribution < -0.4 is 10.1 Å². The first-order valence-electron chi connectivity index (χ1n) is 5.68. The Kier molecular flexibility index (Phi) is 5.70. The Balaban J connectivity index is 2.23. The highest BCUT2D eigenvalue weighted by Crippen LogP contribution is 2.08. The molecule has 0 radical (unpaired) electrons. The highest BCUT2D eigenvalue weighted by molar-refractivity contribution is 5.84. The Morgan fingerprint density at radius 2 is 1.94 bits per heavy atom. The van der Waals surface area contributed by atoms with Gasteiger partial charge < -0.3 is 14.8 Å². The van der Waals surface area contributed by atoms with Crippen LogP contribution in [0.15, 0.2) is 30.3 Å². The second-order valence-corrected chi connectivity index (χ2v) is 3.72. The highest BCUT2D eigenvalue weighted by atomic mass is 16.5. The third kappa shape index (κ3) is 4.86. The fourth-order valence-corrected chi connectivity index (χ4v) is 1.33. The van der Waals surface area contributed by atoms with Gasteiger partial charge in [-0.2, -0.15) is 0 Å². The minimum atomic E-state index is -0.640. The molecule has 18 heavy (non-hydrogen) atoms. The van der Waals surface area contributed by atoms with Crippen molar-refractivity contribution in [2.75, 3.05) is 13.7 Å². The molecule has 0 unspecified atom stereocenters. The fourth-order valence-electron chi connectivity index (χ4n) is 1.33. The van der Waals surface area contributed by atoms with Crippen molar-refractivity contribution in [3.63, 3.8) is 0 Å². The molecule has 0 aliphatic carbocycles. The number of rotatable bonds is 6. The number of ether oxygens (including phenoxy) is 2. The number of hydrogen-bond acceptors (Lipinski definition) is 4. The average molecular weight is 251 g/mol. The number of hydrogen-bond donors (Lipinski definition) is 1. The molecule has 1 atom stereocenters. The molecule has 0 aromatic heterocycles. The Morgan fingerprint density at radius 3 is 2.56 bits per heavy atom. The van der Waals surface area contributed by atoms with Gasteiger partial charge in [0.1, 0.15) is 11.8 Å². The Morgan fingerprint density at radius 1 is 1.28 bits per heavy atom. The number of benzene rings is 1. The van der Waals surface area contributed by atoms with Gasteiger partial charge in [0.15, 0.2) is 0 Å². The van der Waals surface area contributed by atoms with Crippen LogP contribution in [0.1, 0.15) is 13.3 Å². The van der Waals surface area contributed by atoms with Crippen LogP contribution in [0.25, 0.3) is 0 Å². The van der Waals surface area contributed by atoms with Gasteiger partial charge in [-0.1, -0.05) is 18.2 Å². The zero-order chi connectivity index (χ0) is 13.4. The van der Waals surface area contributed by atoms with Gasteiger partial charge >= 0.3 is 5.97 Å².